The summed E-state index contributed by atoms with van der Waals surface area (Å²) in [6.07, 6.45) is 3.09. The molecule has 0 heterocycles. The predicted octanol–water partition coefficient (Wildman–Crippen LogP) is 1.52. The molecular weight excluding hydrogens is 228 g/mol. The number of fused-ring (bicyclic) bond motifs is 3. The third kappa shape index (κ3) is 0.975. The predicted molar refractivity (Wildman–Crippen MR) is 67.8 cm³/mol. The second-order valence-corrected chi connectivity index (χ2v) is 6.60. The van der Waals surface area contributed by atoms with E-state index in [1.54, 1.807) is 6.08 Å². The van der Waals surface area contributed by atoms with Crippen molar-refractivity contribution in [3.8, 4) is 0 Å². The molecule has 0 saturated heterocycles. The van der Waals surface area contributed by atoms with Crippen LogP contribution in [0.3, 0.4) is 0 Å². The van der Waals surface area contributed by atoms with Gasteiger partial charge < -0.3 is 10.2 Å². The van der Waals surface area contributed by atoms with Crippen LogP contribution >= 0.6 is 0 Å². The number of rotatable bonds is 0. The summed E-state index contributed by atoms with van der Waals surface area (Å²) in [6, 6.07) is 0. The van der Waals surface area contributed by atoms with Gasteiger partial charge in [-0.3, -0.25) is 4.79 Å². The first-order valence-corrected chi connectivity index (χ1v) is 6.23. The van der Waals surface area contributed by atoms with Crippen LogP contribution in [-0.4, -0.2) is 27.7 Å². The van der Waals surface area contributed by atoms with Gasteiger partial charge in [-0.25, -0.2) is 0 Å². The standard InChI is InChI=1S/C15H18O3/c1-8-11(16)6-9-5-10-12(17)13(2,3)7-15(10,18)14(8,9)4/h5-6,12,17-18H,1,7H2,2-4H3/t12-,14-,15+/m1/s1. The van der Waals surface area contributed by atoms with Gasteiger partial charge in [0.1, 0.15) is 5.60 Å². The zero-order valence-electron chi connectivity index (χ0n) is 10.9. The number of allylic oxidation sites excluding steroid dienone is 2. The average Bonchev–Trinajstić information content (AvgIpc) is 2.68. The van der Waals surface area contributed by atoms with E-state index in [1.165, 1.54) is 6.08 Å². The van der Waals surface area contributed by atoms with Crippen LogP contribution in [0.4, 0.5) is 0 Å². The minimum absolute atomic E-state index is 0.115. The summed E-state index contributed by atoms with van der Waals surface area (Å²) in [7, 11) is 0. The molecule has 0 aliphatic heterocycles. The number of aliphatic hydroxyl groups excluding tert-OH is 1. The van der Waals surface area contributed by atoms with Crippen LogP contribution < -0.4 is 0 Å². The topological polar surface area (TPSA) is 57.5 Å². The molecule has 0 bridgehead atoms. The van der Waals surface area contributed by atoms with Crippen molar-refractivity contribution in [1.82, 2.24) is 0 Å². The van der Waals surface area contributed by atoms with Crippen molar-refractivity contribution in [3.63, 3.8) is 0 Å². The highest BCUT2D eigenvalue weighted by atomic mass is 16.3. The fraction of sp³-hybridized carbons (Fsp3) is 0.533. The van der Waals surface area contributed by atoms with Gasteiger partial charge in [-0.2, -0.15) is 0 Å². The minimum atomic E-state index is -1.18. The maximum Gasteiger partial charge on any atom is 0.182 e. The molecule has 2 N–H and O–H groups in total. The van der Waals surface area contributed by atoms with Crippen LogP contribution in [0, 0.1) is 10.8 Å². The largest absolute Gasteiger partial charge is 0.388 e. The van der Waals surface area contributed by atoms with Crippen molar-refractivity contribution < 1.29 is 15.0 Å². The van der Waals surface area contributed by atoms with E-state index in [2.05, 4.69) is 6.58 Å². The van der Waals surface area contributed by atoms with Gasteiger partial charge >= 0.3 is 0 Å². The van der Waals surface area contributed by atoms with Gasteiger partial charge in [0, 0.05) is 5.57 Å². The molecule has 3 aliphatic rings. The first-order valence-electron chi connectivity index (χ1n) is 6.23. The molecule has 0 aromatic rings. The summed E-state index contributed by atoms with van der Waals surface area (Å²) in [6.45, 7) is 9.57. The van der Waals surface area contributed by atoms with E-state index >= 15 is 0 Å². The van der Waals surface area contributed by atoms with Gasteiger partial charge in [-0.05, 0) is 36.0 Å². The van der Waals surface area contributed by atoms with Crippen molar-refractivity contribution in [2.24, 2.45) is 10.8 Å². The summed E-state index contributed by atoms with van der Waals surface area (Å²) in [4.78, 5) is 11.8. The molecule has 0 radical (unpaired) electrons. The summed E-state index contributed by atoms with van der Waals surface area (Å²) < 4.78 is 0. The molecule has 96 valence electrons. The first kappa shape index (κ1) is 11.9. The maximum absolute atomic E-state index is 11.8. The van der Waals surface area contributed by atoms with Crippen LogP contribution in [-0.2, 0) is 4.79 Å². The fourth-order valence-electron chi connectivity index (χ4n) is 3.80. The van der Waals surface area contributed by atoms with Crippen molar-refractivity contribution in [3.05, 3.63) is 35.5 Å². The average molecular weight is 246 g/mol. The zero-order valence-corrected chi connectivity index (χ0v) is 10.9. The number of carbonyl (C=O) groups excluding carboxylic acids is 1. The van der Waals surface area contributed by atoms with Gasteiger partial charge in [0.05, 0.1) is 11.5 Å². The molecule has 1 fully saturated rings. The maximum atomic E-state index is 11.8. The molecule has 3 rings (SSSR count). The number of ketones is 1. The Morgan fingerprint density at radius 2 is 1.94 bits per heavy atom. The molecule has 0 amide bonds. The van der Waals surface area contributed by atoms with Gasteiger partial charge in [0.2, 0.25) is 0 Å². The quantitative estimate of drug-likeness (QED) is 0.637. The first-order chi connectivity index (χ1) is 8.14. The van der Waals surface area contributed by atoms with Gasteiger partial charge in [0.25, 0.3) is 0 Å². The Balaban J connectivity index is 2.24. The van der Waals surface area contributed by atoms with E-state index in [1.807, 2.05) is 20.8 Å². The monoisotopic (exact) mass is 246 g/mol. The van der Waals surface area contributed by atoms with E-state index in [4.69, 9.17) is 0 Å². The minimum Gasteiger partial charge on any atom is -0.388 e. The normalized spacial score (nSPS) is 44.8. The Hall–Kier alpha value is -1.19. The van der Waals surface area contributed by atoms with Gasteiger partial charge in [-0.15, -0.1) is 0 Å². The van der Waals surface area contributed by atoms with Gasteiger partial charge in [0.15, 0.2) is 5.78 Å². The van der Waals surface area contributed by atoms with Crippen molar-refractivity contribution in [2.45, 2.75) is 38.9 Å². The smallest absolute Gasteiger partial charge is 0.182 e. The Morgan fingerprint density at radius 1 is 1.33 bits per heavy atom. The molecule has 1 saturated carbocycles. The lowest BCUT2D eigenvalue weighted by Gasteiger charge is -2.39. The summed E-state index contributed by atoms with van der Waals surface area (Å²) in [5.41, 5.74) is -0.490. The Kier molecular flexibility index (Phi) is 1.89. The third-order valence-corrected chi connectivity index (χ3v) is 5.13. The lowest BCUT2D eigenvalue weighted by atomic mass is 9.67. The second kappa shape index (κ2) is 2.86. The Labute approximate surface area is 107 Å². The SMILES string of the molecule is C=C1C(=O)C=C2C=C3[C@@H](O)C(C)(C)C[C@@]3(O)[C@]12C. The van der Waals surface area contributed by atoms with Crippen molar-refractivity contribution >= 4 is 5.78 Å². The molecule has 3 atom stereocenters. The Bertz CT molecular complexity index is 552. The van der Waals surface area contributed by atoms with Crippen LogP contribution in [0.15, 0.2) is 35.5 Å². The summed E-state index contributed by atoms with van der Waals surface area (Å²) >= 11 is 0. The number of hydrogen-bond acceptors (Lipinski definition) is 3. The molecule has 0 unspecified atom stereocenters. The molecule has 3 heteroatoms. The Morgan fingerprint density at radius 3 is 2.56 bits per heavy atom. The number of carbonyl (C=O) groups is 1. The molecule has 0 aromatic carbocycles. The highest BCUT2D eigenvalue weighted by Gasteiger charge is 2.67. The van der Waals surface area contributed by atoms with Crippen LogP contribution in [0.2, 0.25) is 0 Å². The highest BCUT2D eigenvalue weighted by Crippen LogP contribution is 2.65. The van der Waals surface area contributed by atoms with Crippen LogP contribution in [0.1, 0.15) is 27.2 Å². The molecule has 18 heavy (non-hydrogen) atoms. The van der Waals surface area contributed by atoms with Gasteiger partial charge in [-0.1, -0.05) is 26.5 Å². The van der Waals surface area contributed by atoms with Crippen LogP contribution in [0.25, 0.3) is 0 Å². The highest BCUT2D eigenvalue weighted by molar-refractivity contribution is 6.10. The molecule has 3 nitrogen and oxygen atoms in total. The lowest BCUT2D eigenvalue weighted by Crippen LogP contribution is -2.44. The lowest BCUT2D eigenvalue weighted by molar-refractivity contribution is -0.112. The summed E-state index contributed by atoms with van der Waals surface area (Å²) in [5.74, 6) is -0.115. The fourth-order valence-corrected chi connectivity index (χ4v) is 3.80. The zero-order chi connectivity index (χ0) is 13.5. The van der Waals surface area contributed by atoms with Crippen molar-refractivity contribution in [1.29, 1.82) is 0 Å². The number of aliphatic hydroxyl groups is 2. The van der Waals surface area contributed by atoms with E-state index in [0.717, 1.165) is 5.57 Å². The summed E-state index contributed by atoms with van der Waals surface area (Å²) in [5, 5.41) is 21.4. The molecular formula is C15H18O3. The molecule has 0 aromatic heterocycles. The van der Waals surface area contributed by atoms with Crippen LogP contribution in [0.5, 0.6) is 0 Å². The van der Waals surface area contributed by atoms with Crippen molar-refractivity contribution in [2.75, 3.05) is 0 Å². The van der Waals surface area contributed by atoms with E-state index in [0.29, 0.717) is 17.6 Å². The third-order valence-electron chi connectivity index (χ3n) is 5.13. The van der Waals surface area contributed by atoms with E-state index < -0.39 is 17.1 Å². The van der Waals surface area contributed by atoms with E-state index in [-0.39, 0.29) is 11.2 Å². The molecule has 3 aliphatic carbocycles. The number of hydrogen-bond donors (Lipinski definition) is 2. The molecule has 0 spiro atoms. The van der Waals surface area contributed by atoms with E-state index in [9.17, 15) is 15.0 Å². The second-order valence-electron chi connectivity index (χ2n) is 6.60.